The van der Waals surface area contributed by atoms with Crippen LogP contribution in [0.3, 0.4) is 0 Å². The van der Waals surface area contributed by atoms with Gasteiger partial charge in [0.05, 0.1) is 0 Å². The number of hydrogen-bond donors (Lipinski definition) is 2. The highest BCUT2D eigenvalue weighted by molar-refractivity contribution is 5.92. The summed E-state index contributed by atoms with van der Waals surface area (Å²) in [7, 11) is 0. The Bertz CT molecular complexity index is 1100. The van der Waals surface area contributed by atoms with E-state index in [-0.39, 0.29) is 5.41 Å². The minimum Gasteiger partial charge on any atom is -0.507 e. The first-order valence-electron chi connectivity index (χ1n) is 13.8. The quantitative estimate of drug-likeness (QED) is 0.257. The summed E-state index contributed by atoms with van der Waals surface area (Å²) in [6, 6.07) is 14.9. The predicted molar refractivity (Wildman–Crippen MR) is 151 cm³/mol. The Morgan fingerprint density at radius 1 is 0.629 bits per heavy atom. The number of aromatic hydroxyl groups is 2. The lowest BCUT2D eigenvalue weighted by molar-refractivity contribution is 0.438. The van der Waals surface area contributed by atoms with E-state index in [4.69, 9.17) is 0 Å². The van der Waals surface area contributed by atoms with E-state index in [1.165, 1.54) is 49.7 Å². The number of hydrogen-bond acceptors (Lipinski definition) is 2. The Balaban J connectivity index is 2.00. The van der Waals surface area contributed by atoms with Crippen molar-refractivity contribution in [1.82, 2.24) is 0 Å². The SMILES string of the molecule is CCCCCCc1cc(Cc2cc(CCCCCC)c(O)c3ccccc23)cc(C(C)(C)C)c1O. The Hall–Kier alpha value is -2.48. The minimum atomic E-state index is -0.125. The molecule has 0 atom stereocenters. The first-order chi connectivity index (χ1) is 16.8. The number of phenolic OH excluding ortho intramolecular Hbond substituents is 2. The zero-order chi connectivity index (χ0) is 25.4. The van der Waals surface area contributed by atoms with E-state index in [2.05, 4.69) is 65.0 Å². The molecular formula is C33H46O2. The first kappa shape index (κ1) is 27.1. The summed E-state index contributed by atoms with van der Waals surface area (Å²) in [6.45, 7) is 11.0. The summed E-state index contributed by atoms with van der Waals surface area (Å²) in [5.74, 6) is 0.920. The van der Waals surface area contributed by atoms with Gasteiger partial charge in [-0.3, -0.25) is 0 Å². The van der Waals surface area contributed by atoms with Crippen LogP contribution < -0.4 is 0 Å². The van der Waals surface area contributed by atoms with Crippen LogP contribution in [0.15, 0.2) is 42.5 Å². The molecule has 0 fully saturated rings. The number of fused-ring (bicyclic) bond motifs is 1. The molecule has 0 aliphatic carbocycles. The van der Waals surface area contributed by atoms with E-state index < -0.39 is 0 Å². The van der Waals surface area contributed by atoms with E-state index in [1.54, 1.807) is 0 Å². The van der Waals surface area contributed by atoms with Gasteiger partial charge in [0.15, 0.2) is 0 Å². The molecule has 0 radical (unpaired) electrons. The second kappa shape index (κ2) is 12.5. The Labute approximate surface area is 213 Å². The van der Waals surface area contributed by atoms with E-state index >= 15 is 0 Å². The predicted octanol–water partition coefficient (Wildman–Crippen LogP) is 9.38. The van der Waals surface area contributed by atoms with Crippen LogP contribution in [-0.2, 0) is 24.7 Å². The summed E-state index contributed by atoms with van der Waals surface area (Å²) in [5.41, 5.74) is 5.54. The number of benzene rings is 3. The van der Waals surface area contributed by atoms with Crippen LogP contribution >= 0.6 is 0 Å². The molecule has 0 heterocycles. The van der Waals surface area contributed by atoms with Gasteiger partial charge in [-0.15, -0.1) is 0 Å². The van der Waals surface area contributed by atoms with Gasteiger partial charge < -0.3 is 10.2 Å². The number of rotatable bonds is 12. The van der Waals surface area contributed by atoms with Crippen LogP contribution in [0.5, 0.6) is 11.5 Å². The van der Waals surface area contributed by atoms with Crippen LogP contribution in [0.25, 0.3) is 10.8 Å². The average Bonchev–Trinajstić information content (AvgIpc) is 2.83. The summed E-state index contributed by atoms with van der Waals surface area (Å²) in [5, 5.41) is 24.2. The molecule has 0 aromatic heterocycles. The molecule has 0 aliphatic rings. The van der Waals surface area contributed by atoms with Gasteiger partial charge in [0.1, 0.15) is 11.5 Å². The third-order valence-corrected chi connectivity index (χ3v) is 7.23. The lowest BCUT2D eigenvalue weighted by Crippen LogP contribution is -2.13. The molecule has 0 bridgehead atoms. The third kappa shape index (κ3) is 7.03. The maximum atomic E-state index is 11.1. The van der Waals surface area contributed by atoms with Gasteiger partial charge in [-0.05, 0) is 70.7 Å². The smallest absolute Gasteiger partial charge is 0.126 e. The lowest BCUT2D eigenvalue weighted by atomic mass is 9.82. The molecule has 3 aromatic carbocycles. The van der Waals surface area contributed by atoms with Crippen molar-refractivity contribution < 1.29 is 10.2 Å². The van der Waals surface area contributed by atoms with Crippen molar-refractivity contribution in [2.45, 2.75) is 111 Å². The van der Waals surface area contributed by atoms with Crippen LogP contribution in [-0.4, -0.2) is 10.2 Å². The number of unbranched alkanes of at least 4 members (excludes halogenated alkanes) is 6. The summed E-state index contributed by atoms with van der Waals surface area (Å²) in [4.78, 5) is 0. The largest absolute Gasteiger partial charge is 0.507 e. The second-order valence-corrected chi connectivity index (χ2v) is 11.3. The van der Waals surface area contributed by atoms with E-state index in [9.17, 15) is 10.2 Å². The lowest BCUT2D eigenvalue weighted by Gasteiger charge is -2.24. The van der Waals surface area contributed by atoms with Crippen LogP contribution in [0.1, 0.15) is 114 Å². The first-order valence-corrected chi connectivity index (χ1v) is 13.8. The van der Waals surface area contributed by atoms with Crippen LogP contribution in [0, 0.1) is 0 Å². The Kier molecular flexibility index (Phi) is 9.66. The van der Waals surface area contributed by atoms with Crippen LogP contribution in [0.2, 0.25) is 0 Å². The molecule has 2 nitrogen and oxygen atoms in total. The molecule has 0 spiro atoms. The molecular weight excluding hydrogens is 428 g/mol. The van der Waals surface area contributed by atoms with Gasteiger partial charge in [-0.2, -0.15) is 0 Å². The van der Waals surface area contributed by atoms with E-state index in [1.807, 2.05) is 12.1 Å². The fourth-order valence-corrected chi connectivity index (χ4v) is 5.17. The van der Waals surface area contributed by atoms with Gasteiger partial charge in [0.25, 0.3) is 0 Å². The van der Waals surface area contributed by atoms with Gasteiger partial charge in [0, 0.05) is 5.39 Å². The average molecular weight is 475 g/mol. The monoisotopic (exact) mass is 474 g/mol. The normalized spacial score (nSPS) is 11.9. The van der Waals surface area contributed by atoms with Crippen molar-refractivity contribution in [3.63, 3.8) is 0 Å². The van der Waals surface area contributed by atoms with Crippen LogP contribution in [0.4, 0.5) is 0 Å². The highest BCUT2D eigenvalue weighted by Crippen LogP contribution is 2.38. The maximum Gasteiger partial charge on any atom is 0.126 e. The molecule has 35 heavy (non-hydrogen) atoms. The van der Waals surface area contributed by atoms with Gasteiger partial charge in [0.2, 0.25) is 0 Å². The molecule has 3 aromatic rings. The second-order valence-electron chi connectivity index (χ2n) is 11.3. The zero-order valence-electron chi connectivity index (χ0n) is 22.7. The fraction of sp³-hybridized carbons (Fsp3) is 0.515. The summed E-state index contributed by atoms with van der Waals surface area (Å²) < 4.78 is 0. The van der Waals surface area contributed by atoms with E-state index in [0.29, 0.717) is 11.5 Å². The van der Waals surface area contributed by atoms with Crippen molar-refractivity contribution in [2.75, 3.05) is 0 Å². The van der Waals surface area contributed by atoms with Crippen molar-refractivity contribution in [1.29, 1.82) is 0 Å². The number of aryl methyl sites for hydroxylation is 2. The summed E-state index contributed by atoms with van der Waals surface area (Å²) in [6.07, 6.45) is 12.2. The molecule has 0 amide bonds. The highest BCUT2D eigenvalue weighted by Gasteiger charge is 2.22. The maximum absolute atomic E-state index is 11.1. The standard InChI is InChI=1S/C33H46O2/c1-6-8-10-12-16-25-20-24(22-30(32(25)35)33(3,4)5)21-27-23-26(17-13-11-9-7-2)31(34)29-19-15-14-18-28(27)29/h14-15,18-20,22-23,34-35H,6-13,16-17,21H2,1-5H3. The van der Waals surface area contributed by atoms with Crippen molar-refractivity contribution in [2.24, 2.45) is 0 Å². The molecule has 2 heteroatoms. The molecule has 3 rings (SSSR count). The zero-order valence-corrected chi connectivity index (χ0v) is 22.7. The number of phenols is 2. The van der Waals surface area contributed by atoms with Crippen molar-refractivity contribution in [3.8, 4) is 11.5 Å². The Morgan fingerprint density at radius 2 is 1.20 bits per heavy atom. The third-order valence-electron chi connectivity index (χ3n) is 7.23. The summed E-state index contributed by atoms with van der Waals surface area (Å²) >= 11 is 0. The minimum absolute atomic E-state index is 0.125. The fourth-order valence-electron chi connectivity index (χ4n) is 5.17. The Morgan fingerprint density at radius 3 is 1.77 bits per heavy atom. The molecule has 0 saturated carbocycles. The highest BCUT2D eigenvalue weighted by atomic mass is 16.3. The molecule has 0 unspecified atom stereocenters. The van der Waals surface area contributed by atoms with Crippen molar-refractivity contribution in [3.05, 3.63) is 70.3 Å². The van der Waals surface area contributed by atoms with E-state index in [0.717, 1.165) is 59.6 Å². The van der Waals surface area contributed by atoms with Gasteiger partial charge in [-0.25, -0.2) is 0 Å². The molecule has 190 valence electrons. The molecule has 0 aliphatic heterocycles. The van der Waals surface area contributed by atoms with Gasteiger partial charge >= 0.3 is 0 Å². The van der Waals surface area contributed by atoms with Crippen molar-refractivity contribution >= 4 is 10.8 Å². The molecule has 0 saturated heterocycles. The molecule has 2 N–H and O–H groups in total. The van der Waals surface area contributed by atoms with Gasteiger partial charge in [-0.1, -0.05) is 116 Å². The topological polar surface area (TPSA) is 40.5 Å².